The van der Waals surface area contributed by atoms with E-state index in [4.69, 9.17) is 0 Å². The summed E-state index contributed by atoms with van der Waals surface area (Å²) < 4.78 is 0. The maximum Gasteiger partial charge on any atom is 0.108 e. The van der Waals surface area contributed by atoms with Crippen LogP contribution in [0.2, 0.25) is 0 Å². The number of fused-ring (bicyclic) bond motifs is 2. The number of rotatable bonds is 5. The molecular weight excluding hydrogens is 312 g/mol. The van der Waals surface area contributed by atoms with Gasteiger partial charge in [-0.3, -0.25) is 0 Å². The molecule has 25 heavy (non-hydrogen) atoms. The lowest BCUT2D eigenvalue weighted by Gasteiger charge is -2.43. The Morgan fingerprint density at radius 3 is 2.00 bits per heavy atom. The zero-order chi connectivity index (χ0) is 18.2. The number of nitrogens with zero attached hydrogens (tertiary/aromatic N) is 1. The third kappa shape index (κ3) is 3.47. The Morgan fingerprint density at radius 1 is 0.840 bits per heavy atom. The minimum absolute atomic E-state index is 0.637. The predicted octanol–water partition coefficient (Wildman–Crippen LogP) is 4.12. The maximum atomic E-state index is 10.1. The summed E-state index contributed by atoms with van der Waals surface area (Å²) in [5, 5.41) is 28.3. The summed E-state index contributed by atoms with van der Waals surface area (Å²) in [6.07, 6.45) is -1.56. The molecule has 0 aromatic heterocycles. The van der Waals surface area contributed by atoms with Crippen LogP contribution < -0.4 is 5.32 Å². The molecular formula is C21H26N2O2. The van der Waals surface area contributed by atoms with Crippen molar-refractivity contribution in [2.75, 3.05) is 5.32 Å². The van der Waals surface area contributed by atoms with Gasteiger partial charge >= 0.3 is 0 Å². The first-order valence-corrected chi connectivity index (χ1v) is 8.64. The van der Waals surface area contributed by atoms with E-state index in [0.29, 0.717) is 0 Å². The fourth-order valence-electron chi connectivity index (χ4n) is 3.72. The minimum Gasteiger partial charge on any atom is -0.379 e. The summed E-state index contributed by atoms with van der Waals surface area (Å²) in [6, 6.07) is 18.8. The molecule has 0 radical (unpaired) electrons. The van der Waals surface area contributed by atoms with Gasteiger partial charge in [-0.25, -0.2) is 4.90 Å². The molecule has 0 spiro atoms. The van der Waals surface area contributed by atoms with E-state index in [-0.39, 0.29) is 0 Å². The highest BCUT2D eigenvalue weighted by atomic mass is 16.3. The van der Waals surface area contributed by atoms with Crippen LogP contribution in [-0.4, -0.2) is 33.2 Å². The van der Waals surface area contributed by atoms with Gasteiger partial charge in [0.25, 0.3) is 0 Å². The average Bonchev–Trinajstić information content (AvgIpc) is 2.52. The SMILES string of the molecule is CC(O)N(C(C)O)C(C)(C)Nc1cccc2cc3ccccc3cc12. The quantitative estimate of drug-likeness (QED) is 0.484. The molecule has 2 atom stereocenters. The van der Waals surface area contributed by atoms with E-state index in [0.717, 1.165) is 16.5 Å². The van der Waals surface area contributed by atoms with Crippen LogP contribution in [0.1, 0.15) is 27.7 Å². The highest BCUT2D eigenvalue weighted by Gasteiger charge is 2.33. The van der Waals surface area contributed by atoms with Crippen LogP contribution in [-0.2, 0) is 0 Å². The van der Waals surface area contributed by atoms with Crippen molar-refractivity contribution in [3.63, 3.8) is 0 Å². The monoisotopic (exact) mass is 338 g/mol. The van der Waals surface area contributed by atoms with Crippen molar-refractivity contribution in [1.82, 2.24) is 4.90 Å². The molecule has 0 aliphatic heterocycles. The van der Waals surface area contributed by atoms with Gasteiger partial charge in [-0.2, -0.15) is 0 Å². The van der Waals surface area contributed by atoms with Gasteiger partial charge in [0.1, 0.15) is 12.5 Å². The second-order valence-electron chi connectivity index (χ2n) is 7.08. The molecule has 2 unspecified atom stereocenters. The smallest absolute Gasteiger partial charge is 0.108 e. The molecule has 0 saturated carbocycles. The van der Waals surface area contributed by atoms with Gasteiger partial charge < -0.3 is 15.5 Å². The number of aliphatic hydroxyl groups excluding tert-OH is 2. The van der Waals surface area contributed by atoms with Gasteiger partial charge in [-0.15, -0.1) is 0 Å². The van der Waals surface area contributed by atoms with Crippen molar-refractivity contribution in [2.45, 2.75) is 45.8 Å². The van der Waals surface area contributed by atoms with Crippen molar-refractivity contribution in [1.29, 1.82) is 0 Å². The second-order valence-corrected chi connectivity index (χ2v) is 7.08. The first-order chi connectivity index (χ1) is 11.8. The normalized spacial score (nSPS) is 14.8. The number of aliphatic hydroxyl groups is 2. The van der Waals surface area contributed by atoms with Gasteiger partial charge in [0, 0.05) is 11.1 Å². The molecule has 0 aliphatic carbocycles. The maximum absolute atomic E-state index is 10.1. The van der Waals surface area contributed by atoms with Gasteiger partial charge in [0.15, 0.2) is 0 Å². The Balaban J connectivity index is 2.07. The summed E-state index contributed by atoms with van der Waals surface area (Å²) in [5.41, 5.74) is 0.335. The van der Waals surface area contributed by atoms with Crippen molar-refractivity contribution in [3.8, 4) is 0 Å². The summed E-state index contributed by atoms with van der Waals surface area (Å²) in [7, 11) is 0. The van der Waals surface area contributed by atoms with Crippen LogP contribution in [0.3, 0.4) is 0 Å². The molecule has 4 nitrogen and oxygen atoms in total. The van der Waals surface area contributed by atoms with Gasteiger partial charge in [-0.05, 0) is 62.1 Å². The van der Waals surface area contributed by atoms with Crippen LogP contribution in [0.15, 0.2) is 54.6 Å². The van der Waals surface area contributed by atoms with Crippen LogP contribution in [0.4, 0.5) is 5.69 Å². The Hall–Kier alpha value is -2.14. The van der Waals surface area contributed by atoms with E-state index in [9.17, 15) is 10.2 Å². The summed E-state index contributed by atoms with van der Waals surface area (Å²) in [4.78, 5) is 1.63. The van der Waals surface area contributed by atoms with E-state index in [1.807, 2.05) is 38.1 Å². The van der Waals surface area contributed by atoms with Crippen LogP contribution in [0.5, 0.6) is 0 Å². The highest BCUT2D eigenvalue weighted by Crippen LogP contribution is 2.31. The predicted molar refractivity (Wildman–Crippen MR) is 104 cm³/mol. The van der Waals surface area contributed by atoms with E-state index >= 15 is 0 Å². The third-order valence-corrected chi connectivity index (χ3v) is 4.64. The molecule has 4 heteroatoms. The lowest BCUT2D eigenvalue weighted by atomic mass is 10.0. The van der Waals surface area contributed by atoms with Crippen LogP contribution in [0.25, 0.3) is 21.5 Å². The average molecular weight is 338 g/mol. The molecule has 0 heterocycles. The number of nitrogens with one attached hydrogen (secondary N) is 1. The molecule has 0 fully saturated rings. The zero-order valence-electron chi connectivity index (χ0n) is 15.2. The summed E-state index contributed by atoms with van der Waals surface area (Å²) in [5.74, 6) is 0. The van der Waals surface area contributed by atoms with Gasteiger partial charge in [-0.1, -0.05) is 36.4 Å². The minimum atomic E-state index is -0.779. The van der Waals surface area contributed by atoms with Crippen LogP contribution >= 0.6 is 0 Å². The second kappa shape index (κ2) is 6.64. The highest BCUT2D eigenvalue weighted by molar-refractivity contribution is 6.03. The number of hydrogen-bond acceptors (Lipinski definition) is 4. The largest absolute Gasteiger partial charge is 0.379 e. The van der Waals surface area contributed by atoms with Crippen molar-refractivity contribution in [3.05, 3.63) is 54.6 Å². The molecule has 3 aromatic rings. The van der Waals surface area contributed by atoms with E-state index in [1.165, 1.54) is 10.8 Å². The molecule has 0 amide bonds. The van der Waals surface area contributed by atoms with Crippen molar-refractivity contribution in [2.24, 2.45) is 0 Å². The third-order valence-electron chi connectivity index (χ3n) is 4.64. The van der Waals surface area contributed by atoms with Crippen LogP contribution in [0, 0.1) is 0 Å². The molecule has 3 N–H and O–H groups in total. The fourth-order valence-corrected chi connectivity index (χ4v) is 3.72. The molecule has 132 valence electrons. The van der Waals surface area contributed by atoms with Gasteiger partial charge in [0.05, 0.1) is 5.66 Å². The van der Waals surface area contributed by atoms with Gasteiger partial charge in [0.2, 0.25) is 0 Å². The van der Waals surface area contributed by atoms with E-state index in [1.54, 1.807) is 18.7 Å². The number of hydrogen-bond donors (Lipinski definition) is 3. The molecule has 0 saturated heterocycles. The molecule has 0 bridgehead atoms. The van der Waals surface area contributed by atoms with E-state index < -0.39 is 18.1 Å². The first kappa shape index (κ1) is 17.7. The lowest BCUT2D eigenvalue weighted by molar-refractivity contribution is -0.128. The standard InChI is InChI=1S/C21H26N2O2/c1-14(24)23(15(2)25)21(3,4)22-20-11-7-10-18-12-16-8-5-6-9-17(16)13-19(18)20/h5-15,22,24-25H,1-4H3. The fraction of sp³-hybridized carbons (Fsp3) is 0.333. The summed E-state index contributed by atoms with van der Waals surface area (Å²) in [6.45, 7) is 7.22. The Kier molecular flexibility index (Phi) is 4.69. The topological polar surface area (TPSA) is 55.7 Å². The Bertz CT molecular complexity index is 879. The summed E-state index contributed by atoms with van der Waals surface area (Å²) >= 11 is 0. The Morgan fingerprint density at radius 2 is 1.40 bits per heavy atom. The first-order valence-electron chi connectivity index (χ1n) is 8.64. The van der Waals surface area contributed by atoms with Crippen molar-refractivity contribution < 1.29 is 10.2 Å². The number of benzene rings is 3. The lowest BCUT2D eigenvalue weighted by Crippen LogP contribution is -2.57. The molecule has 0 aliphatic rings. The van der Waals surface area contributed by atoms with Crippen molar-refractivity contribution >= 4 is 27.2 Å². The Labute approximate surface area is 148 Å². The zero-order valence-corrected chi connectivity index (χ0v) is 15.2. The molecule has 3 aromatic carbocycles. The number of anilines is 1. The van der Waals surface area contributed by atoms with E-state index in [2.05, 4.69) is 35.6 Å². The molecule has 3 rings (SSSR count).